The Morgan fingerprint density at radius 2 is 1.87 bits per heavy atom. The average Bonchev–Trinajstić information content (AvgIpc) is 3.27. The van der Waals surface area contributed by atoms with Crippen LogP contribution < -0.4 is 20.1 Å². The summed E-state index contributed by atoms with van der Waals surface area (Å²) in [5.74, 6) is 2.34. The summed E-state index contributed by atoms with van der Waals surface area (Å²) in [7, 11) is 1.68. The van der Waals surface area contributed by atoms with E-state index < -0.39 is 0 Å². The average molecular weight is 547 g/mol. The topological polar surface area (TPSA) is 58.1 Å². The van der Waals surface area contributed by atoms with Gasteiger partial charge in [0.2, 0.25) is 0 Å². The molecule has 0 fully saturated rings. The molecule has 0 radical (unpaired) electrons. The first kappa shape index (κ1) is 26.5. The van der Waals surface area contributed by atoms with Gasteiger partial charge < -0.3 is 25.0 Å². The van der Waals surface area contributed by atoms with Crippen molar-refractivity contribution < 1.29 is 9.47 Å². The van der Waals surface area contributed by atoms with E-state index >= 15 is 0 Å². The fourth-order valence-corrected chi connectivity index (χ4v) is 3.51. The SMILES string of the molecule is CCNC(=NCc1ccsc1)NCc1ccc(OCCN(CC)CC)c(OC)c1.I. The van der Waals surface area contributed by atoms with E-state index in [1.165, 1.54) is 5.56 Å². The van der Waals surface area contributed by atoms with Crippen molar-refractivity contribution in [2.45, 2.75) is 33.9 Å². The molecule has 0 aliphatic carbocycles. The molecular formula is C22H35IN4O2S. The largest absolute Gasteiger partial charge is 0.493 e. The maximum Gasteiger partial charge on any atom is 0.191 e. The van der Waals surface area contributed by atoms with Crippen molar-refractivity contribution in [2.24, 2.45) is 4.99 Å². The van der Waals surface area contributed by atoms with E-state index in [-0.39, 0.29) is 24.0 Å². The normalized spacial score (nSPS) is 11.2. The number of nitrogens with one attached hydrogen (secondary N) is 2. The van der Waals surface area contributed by atoms with Gasteiger partial charge in [0.15, 0.2) is 17.5 Å². The highest BCUT2D eigenvalue weighted by Gasteiger charge is 2.08. The van der Waals surface area contributed by atoms with Crippen LogP contribution in [-0.2, 0) is 13.1 Å². The third kappa shape index (κ3) is 9.09. The number of hydrogen-bond donors (Lipinski definition) is 2. The van der Waals surface area contributed by atoms with Gasteiger partial charge in [-0.25, -0.2) is 4.99 Å². The summed E-state index contributed by atoms with van der Waals surface area (Å²) in [6.07, 6.45) is 0. The number of methoxy groups -OCH3 is 1. The predicted octanol–water partition coefficient (Wildman–Crippen LogP) is 4.35. The highest BCUT2D eigenvalue weighted by atomic mass is 127. The monoisotopic (exact) mass is 546 g/mol. The van der Waals surface area contributed by atoms with E-state index in [2.05, 4.69) is 64.2 Å². The van der Waals surface area contributed by atoms with Crippen LogP contribution in [0.2, 0.25) is 0 Å². The molecule has 0 aliphatic heterocycles. The van der Waals surface area contributed by atoms with E-state index in [1.54, 1.807) is 18.4 Å². The molecule has 1 aromatic heterocycles. The number of thiophene rings is 1. The van der Waals surface area contributed by atoms with Crippen LogP contribution in [0.25, 0.3) is 0 Å². The molecule has 0 amide bonds. The van der Waals surface area contributed by atoms with Crippen LogP contribution in [-0.4, -0.2) is 50.8 Å². The fraction of sp³-hybridized carbons (Fsp3) is 0.500. The number of guanidine groups is 1. The van der Waals surface area contributed by atoms with Crippen LogP contribution in [0, 0.1) is 0 Å². The van der Waals surface area contributed by atoms with Gasteiger partial charge in [0.1, 0.15) is 6.61 Å². The van der Waals surface area contributed by atoms with Crippen molar-refractivity contribution >= 4 is 41.3 Å². The summed E-state index contributed by atoms with van der Waals surface area (Å²) >= 11 is 1.69. The highest BCUT2D eigenvalue weighted by Crippen LogP contribution is 2.28. The molecule has 0 atom stereocenters. The molecule has 2 N–H and O–H groups in total. The molecule has 0 saturated carbocycles. The summed E-state index contributed by atoms with van der Waals surface area (Å²) in [6, 6.07) is 8.15. The standard InChI is InChI=1S/C22H34N4O2S.HI/c1-5-23-22(25-16-19-10-13-29-17-19)24-15-18-8-9-20(21(14-18)27-4)28-12-11-26(6-2)7-3;/h8-10,13-14,17H,5-7,11-12,15-16H2,1-4H3,(H2,23,24,25);1H. The van der Waals surface area contributed by atoms with E-state index in [0.717, 1.165) is 49.2 Å². The Kier molecular flexibility index (Phi) is 13.5. The summed E-state index contributed by atoms with van der Waals surface area (Å²) in [6.45, 7) is 12.2. The van der Waals surface area contributed by atoms with Crippen molar-refractivity contribution in [3.05, 3.63) is 46.2 Å². The van der Waals surface area contributed by atoms with Gasteiger partial charge in [0.25, 0.3) is 0 Å². The number of likely N-dealkylation sites (N-methyl/N-ethyl adjacent to an activating group) is 1. The maximum absolute atomic E-state index is 5.94. The molecule has 1 aromatic carbocycles. The molecule has 1 heterocycles. The molecule has 8 heteroatoms. The fourth-order valence-electron chi connectivity index (χ4n) is 2.85. The minimum absolute atomic E-state index is 0. The van der Waals surface area contributed by atoms with Crippen LogP contribution in [0.1, 0.15) is 31.9 Å². The number of aliphatic imine (C=N–C) groups is 1. The van der Waals surface area contributed by atoms with Crippen molar-refractivity contribution in [3.63, 3.8) is 0 Å². The van der Waals surface area contributed by atoms with E-state index in [9.17, 15) is 0 Å². The van der Waals surface area contributed by atoms with Crippen LogP contribution >= 0.6 is 35.3 Å². The second kappa shape index (κ2) is 15.3. The maximum atomic E-state index is 5.94. The third-order valence-corrected chi connectivity index (χ3v) is 5.32. The van der Waals surface area contributed by atoms with Gasteiger partial charge in [-0.1, -0.05) is 19.9 Å². The van der Waals surface area contributed by atoms with E-state index in [4.69, 9.17) is 9.47 Å². The minimum Gasteiger partial charge on any atom is -0.493 e. The van der Waals surface area contributed by atoms with Gasteiger partial charge in [0, 0.05) is 19.6 Å². The van der Waals surface area contributed by atoms with Crippen molar-refractivity contribution in [1.82, 2.24) is 15.5 Å². The molecule has 2 rings (SSSR count). The molecule has 0 spiro atoms. The Hall–Kier alpha value is -1.52. The lowest BCUT2D eigenvalue weighted by atomic mass is 10.2. The zero-order valence-electron chi connectivity index (χ0n) is 18.4. The smallest absolute Gasteiger partial charge is 0.191 e. The van der Waals surface area contributed by atoms with Gasteiger partial charge in [-0.2, -0.15) is 11.3 Å². The number of halogens is 1. The van der Waals surface area contributed by atoms with Crippen LogP contribution in [0.4, 0.5) is 0 Å². The number of ether oxygens (including phenoxy) is 2. The summed E-state index contributed by atoms with van der Waals surface area (Å²) in [5.41, 5.74) is 2.33. The Morgan fingerprint density at radius 1 is 1.07 bits per heavy atom. The number of hydrogen-bond acceptors (Lipinski definition) is 5. The lowest BCUT2D eigenvalue weighted by molar-refractivity contribution is 0.217. The Bertz CT molecular complexity index is 737. The quantitative estimate of drug-likeness (QED) is 0.236. The molecule has 0 unspecified atom stereocenters. The zero-order chi connectivity index (χ0) is 20.9. The van der Waals surface area contributed by atoms with Gasteiger partial charge >= 0.3 is 0 Å². The summed E-state index contributed by atoms with van der Waals surface area (Å²) in [5, 5.41) is 10.9. The molecular weight excluding hydrogens is 511 g/mol. The summed E-state index contributed by atoms with van der Waals surface area (Å²) in [4.78, 5) is 6.98. The van der Waals surface area contributed by atoms with Gasteiger partial charge in [0.05, 0.1) is 13.7 Å². The second-order valence-electron chi connectivity index (χ2n) is 6.54. The van der Waals surface area contributed by atoms with Crippen molar-refractivity contribution in [1.29, 1.82) is 0 Å². The number of nitrogens with zero attached hydrogens (tertiary/aromatic N) is 2. The molecule has 30 heavy (non-hydrogen) atoms. The first-order valence-corrected chi connectivity index (χ1v) is 11.2. The summed E-state index contributed by atoms with van der Waals surface area (Å²) < 4.78 is 11.5. The number of rotatable bonds is 12. The second-order valence-corrected chi connectivity index (χ2v) is 7.32. The lowest BCUT2D eigenvalue weighted by Gasteiger charge is -2.19. The van der Waals surface area contributed by atoms with E-state index in [1.807, 2.05) is 12.1 Å². The third-order valence-electron chi connectivity index (χ3n) is 4.59. The predicted molar refractivity (Wildman–Crippen MR) is 138 cm³/mol. The first-order chi connectivity index (χ1) is 14.2. The zero-order valence-corrected chi connectivity index (χ0v) is 21.6. The first-order valence-electron chi connectivity index (χ1n) is 10.2. The van der Waals surface area contributed by atoms with Crippen LogP contribution in [0.15, 0.2) is 40.0 Å². The Balaban J connectivity index is 0.00000450. The molecule has 0 aliphatic rings. The van der Waals surface area contributed by atoms with Gasteiger partial charge in [-0.15, -0.1) is 24.0 Å². The highest BCUT2D eigenvalue weighted by molar-refractivity contribution is 14.0. The molecule has 2 aromatic rings. The van der Waals surface area contributed by atoms with Crippen LogP contribution in [0.3, 0.4) is 0 Å². The number of benzene rings is 1. The van der Waals surface area contributed by atoms with Crippen molar-refractivity contribution in [3.8, 4) is 11.5 Å². The molecule has 0 saturated heterocycles. The Labute approximate surface area is 202 Å². The van der Waals surface area contributed by atoms with Crippen molar-refractivity contribution in [2.75, 3.05) is 39.9 Å². The van der Waals surface area contributed by atoms with E-state index in [0.29, 0.717) is 19.7 Å². The molecule has 168 valence electrons. The Morgan fingerprint density at radius 3 is 2.50 bits per heavy atom. The molecule has 6 nitrogen and oxygen atoms in total. The van der Waals surface area contributed by atoms with Gasteiger partial charge in [-0.3, -0.25) is 0 Å². The van der Waals surface area contributed by atoms with Crippen LogP contribution in [0.5, 0.6) is 11.5 Å². The lowest BCUT2D eigenvalue weighted by Crippen LogP contribution is -2.36. The molecule has 0 bridgehead atoms. The minimum atomic E-state index is 0. The van der Waals surface area contributed by atoms with Gasteiger partial charge in [-0.05, 0) is 60.1 Å².